The minimum absolute atomic E-state index is 0.314. The van der Waals surface area contributed by atoms with Gasteiger partial charge in [-0.25, -0.2) is 0 Å². The largest absolute Gasteiger partial charge is 0.393 e. The van der Waals surface area contributed by atoms with Gasteiger partial charge in [-0.15, -0.1) is 10.2 Å². The predicted octanol–water partition coefficient (Wildman–Crippen LogP) is 5.85. The van der Waals surface area contributed by atoms with Crippen molar-refractivity contribution in [3.63, 3.8) is 0 Å². The highest BCUT2D eigenvalue weighted by atomic mass is 16.3. The van der Waals surface area contributed by atoms with Crippen LogP contribution < -0.4 is 0 Å². The van der Waals surface area contributed by atoms with Gasteiger partial charge in [-0.05, 0) is 30.2 Å². The molecule has 28 heavy (non-hydrogen) atoms. The van der Waals surface area contributed by atoms with Crippen molar-refractivity contribution in [3.8, 4) is 5.69 Å². The van der Waals surface area contributed by atoms with Crippen LogP contribution in [0.5, 0.6) is 0 Å². The molecule has 0 amide bonds. The number of aliphatic hydroxyl groups is 1. The van der Waals surface area contributed by atoms with E-state index in [4.69, 9.17) is 0 Å². The Bertz CT molecular complexity index is 809. The van der Waals surface area contributed by atoms with Gasteiger partial charge >= 0.3 is 0 Å². The molecule has 1 heterocycles. The molecule has 0 radical (unpaired) electrons. The summed E-state index contributed by atoms with van der Waals surface area (Å²) in [5, 5.41) is 19.7. The minimum Gasteiger partial charge on any atom is -0.393 e. The highest BCUT2D eigenvalue weighted by Gasteiger charge is 2.12. The normalized spacial score (nSPS) is 12.5. The van der Waals surface area contributed by atoms with Crippen molar-refractivity contribution >= 4 is 11.0 Å². The maximum Gasteiger partial charge on any atom is 0.113 e. The molecule has 0 saturated heterocycles. The number of aliphatic hydroxyl groups excluding tert-OH is 1. The molecule has 1 atom stereocenters. The molecule has 0 bridgehead atoms. The first kappa shape index (κ1) is 20.5. The average Bonchev–Trinajstić information content (AvgIpc) is 3.14. The number of hydrogen-bond donors (Lipinski definition) is 1. The number of fused-ring (bicyclic) bond motifs is 1. The Balaban J connectivity index is 1.50. The Morgan fingerprint density at radius 3 is 2.04 bits per heavy atom. The molecule has 0 aliphatic heterocycles. The number of hydrogen-bond acceptors (Lipinski definition) is 3. The summed E-state index contributed by atoms with van der Waals surface area (Å²) < 4.78 is 0. The quantitative estimate of drug-likeness (QED) is 0.401. The van der Waals surface area contributed by atoms with Crippen molar-refractivity contribution in [3.05, 3.63) is 54.1 Å². The van der Waals surface area contributed by atoms with E-state index in [9.17, 15) is 5.11 Å². The summed E-state index contributed by atoms with van der Waals surface area (Å²) in [6.07, 6.45) is 11.5. The summed E-state index contributed by atoms with van der Waals surface area (Å²) in [6, 6.07) is 16.0. The lowest BCUT2D eigenvalue weighted by atomic mass is 10.0. The van der Waals surface area contributed by atoms with Crippen LogP contribution in [0.25, 0.3) is 16.7 Å². The van der Waals surface area contributed by atoms with Crippen molar-refractivity contribution in [2.75, 3.05) is 0 Å². The molecule has 1 aromatic heterocycles. The molecule has 2 aromatic carbocycles. The second kappa shape index (κ2) is 11.0. The zero-order chi connectivity index (χ0) is 19.6. The zero-order valence-electron chi connectivity index (χ0n) is 17.1. The third-order valence-corrected chi connectivity index (χ3v) is 5.34. The average molecular weight is 380 g/mol. The van der Waals surface area contributed by atoms with Gasteiger partial charge in [-0.3, -0.25) is 0 Å². The predicted molar refractivity (Wildman–Crippen MR) is 116 cm³/mol. The van der Waals surface area contributed by atoms with Gasteiger partial charge in [0.25, 0.3) is 0 Å². The van der Waals surface area contributed by atoms with Gasteiger partial charge in [0, 0.05) is 6.42 Å². The first-order chi connectivity index (χ1) is 13.8. The molecule has 1 N–H and O–H groups in total. The fourth-order valence-electron chi connectivity index (χ4n) is 3.72. The van der Waals surface area contributed by atoms with Gasteiger partial charge in [-0.2, -0.15) is 4.80 Å². The van der Waals surface area contributed by atoms with Crippen LogP contribution in [0.1, 0.15) is 70.3 Å². The third-order valence-electron chi connectivity index (χ3n) is 5.34. The van der Waals surface area contributed by atoms with E-state index in [-0.39, 0.29) is 6.10 Å². The molecule has 4 heteroatoms. The molecule has 1 unspecified atom stereocenters. The molecular formula is C24H33N3O. The van der Waals surface area contributed by atoms with Crippen LogP contribution in [0.15, 0.2) is 48.5 Å². The smallest absolute Gasteiger partial charge is 0.113 e. The Hall–Kier alpha value is -2.20. The van der Waals surface area contributed by atoms with Crippen molar-refractivity contribution in [1.29, 1.82) is 0 Å². The lowest BCUT2D eigenvalue weighted by Gasteiger charge is -2.13. The van der Waals surface area contributed by atoms with E-state index in [2.05, 4.69) is 23.2 Å². The zero-order valence-corrected chi connectivity index (χ0v) is 17.1. The van der Waals surface area contributed by atoms with Gasteiger partial charge in [0.1, 0.15) is 11.0 Å². The van der Waals surface area contributed by atoms with E-state index in [1.54, 1.807) is 4.80 Å². The van der Waals surface area contributed by atoms with Gasteiger partial charge < -0.3 is 5.11 Å². The molecule has 0 aliphatic carbocycles. The van der Waals surface area contributed by atoms with E-state index in [0.29, 0.717) is 6.42 Å². The lowest BCUT2D eigenvalue weighted by Crippen LogP contribution is -2.13. The van der Waals surface area contributed by atoms with E-state index in [1.165, 1.54) is 44.9 Å². The molecule has 3 aromatic rings. The van der Waals surface area contributed by atoms with Crippen LogP contribution in [-0.4, -0.2) is 26.2 Å². The maximum absolute atomic E-state index is 10.5. The third kappa shape index (κ3) is 5.90. The second-order valence-electron chi connectivity index (χ2n) is 7.73. The highest BCUT2D eigenvalue weighted by molar-refractivity contribution is 5.73. The molecular weight excluding hydrogens is 346 g/mol. The van der Waals surface area contributed by atoms with Crippen molar-refractivity contribution in [2.45, 2.75) is 77.2 Å². The fraction of sp³-hybridized carbons (Fsp3) is 0.500. The molecule has 150 valence electrons. The topological polar surface area (TPSA) is 50.9 Å². The highest BCUT2D eigenvalue weighted by Crippen LogP contribution is 2.19. The van der Waals surface area contributed by atoms with Crippen molar-refractivity contribution in [1.82, 2.24) is 15.0 Å². The summed E-state index contributed by atoms with van der Waals surface area (Å²) in [7, 11) is 0. The molecule has 0 fully saturated rings. The number of unbranched alkanes of at least 4 members (excludes halogenated alkanes) is 7. The summed E-state index contributed by atoms with van der Waals surface area (Å²) in [6.45, 7) is 2.25. The maximum atomic E-state index is 10.5. The first-order valence-electron chi connectivity index (χ1n) is 10.9. The molecule has 3 rings (SSSR count). The van der Waals surface area contributed by atoms with Crippen LogP contribution >= 0.6 is 0 Å². The summed E-state index contributed by atoms with van der Waals surface area (Å²) in [5.74, 6) is 0. The SMILES string of the molecule is CCCCCCCCCCC(O)Cc1ccccc1-n1nc2ccccc2n1. The van der Waals surface area contributed by atoms with E-state index in [0.717, 1.165) is 35.1 Å². The Kier molecular flexibility index (Phi) is 8.04. The number of aromatic nitrogens is 3. The standard InChI is InChI=1S/C24H33N3O/c1-2-3-4-5-6-7-8-9-15-21(28)19-20-14-10-13-18-24(20)27-25-22-16-11-12-17-23(22)26-27/h10-14,16-18,21,28H,2-9,15,19H2,1H3. The Morgan fingerprint density at radius 1 is 0.786 bits per heavy atom. The van der Waals surface area contributed by atoms with Gasteiger partial charge in [0.2, 0.25) is 0 Å². The second-order valence-corrected chi connectivity index (χ2v) is 7.73. The molecule has 0 aliphatic rings. The van der Waals surface area contributed by atoms with Crippen LogP contribution in [0.4, 0.5) is 0 Å². The van der Waals surface area contributed by atoms with Crippen LogP contribution in [0.2, 0.25) is 0 Å². The molecule has 0 spiro atoms. The summed E-state index contributed by atoms with van der Waals surface area (Å²) in [4.78, 5) is 1.70. The lowest BCUT2D eigenvalue weighted by molar-refractivity contribution is 0.160. The Morgan fingerprint density at radius 2 is 1.36 bits per heavy atom. The van der Waals surface area contributed by atoms with E-state index in [1.807, 2.05) is 42.5 Å². The van der Waals surface area contributed by atoms with Crippen molar-refractivity contribution < 1.29 is 5.11 Å². The summed E-state index contributed by atoms with van der Waals surface area (Å²) in [5.41, 5.74) is 3.82. The minimum atomic E-state index is -0.314. The Labute approximate surface area is 168 Å². The number of rotatable bonds is 12. The first-order valence-corrected chi connectivity index (χ1v) is 10.9. The van der Waals surface area contributed by atoms with Gasteiger partial charge in [0.05, 0.1) is 11.8 Å². The van der Waals surface area contributed by atoms with Gasteiger partial charge in [-0.1, -0.05) is 88.6 Å². The van der Waals surface area contributed by atoms with Crippen molar-refractivity contribution in [2.24, 2.45) is 0 Å². The molecule has 0 saturated carbocycles. The van der Waals surface area contributed by atoms with Crippen LogP contribution in [0, 0.1) is 0 Å². The number of benzene rings is 2. The van der Waals surface area contributed by atoms with Crippen LogP contribution in [0.3, 0.4) is 0 Å². The van der Waals surface area contributed by atoms with Crippen LogP contribution in [-0.2, 0) is 6.42 Å². The van der Waals surface area contributed by atoms with Gasteiger partial charge in [0.15, 0.2) is 0 Å². The van der Waals surface area contributed by atoms with E-state index < -0.39 is 0 Å². The number of para-hydroxylation sites is 1. The monoisotopic (exact) mass is 379 g/mol. The van der Waals surface area contributed by atoms with E-state index >= 15 is 0 Å². The number of nitrogens with zero attached hydrogens (tertiary/aromatic N) is 3. The summed E-state index contributed by atoms with van der Waals surface area (Å²) >= 11 is 0. The molecule has 4 nitrogen and oxygen atoms in total. The fourth-order valence-corrected chi connectivity index (χ4v) is 3.72.